The molecule has 2 aliphatic rings. The molecule has 0 spiro atoms. The quantitative estimate of drug-likeness (QED) is 0.767. The zero-order valence-corrected chi connectivity index (χ0v) is 15.1. The topological polar surface area (TPSA) is 59.5 Å². The number of rotatable bonds is 3. The minimum absolute atomic E-state index is 0.0858. The third-order valence-electron chi connectivity index (χ3n) is 4.82. The van der Waals surface area contributed by atoms with Crippen LogP contribution in [0.5, 0.6) is 0 Å². The van der Waals surface area contributed by atoms with Crippen LogP contribution < -0.4 is 10.2 Å². The Bertz CT molecular complexity index is 838. The lowest BCUT2D eigenvalue weighted by molar-refractivity contribution is -0.00461. The molecule has 0 unspecified atom stereocenters. The summed E-state index contributed by atoms with van der Waals surface area (Å²) in [5.41, 5.74) is 2.05. The van der Waals surface area contributed by atoms with Gasteiger partial charge in [0.25, 0.3) is 0 Å². The minimum atomic E-state index is 0.0858. The van der Waals surface area contributed by atoms with Gasteiger partial charge in [0, 0.05) is 25.5 Å². The van der Waals surface area contributed by atoms with Crippen molar-refractivity contribution in [3.8, 4) is 0 Å². The Labute approximate surface area is 155 Å². The van der Waals surface area contributed by atoms with Crippen LogP contribution in [0.3, 0.4) is 0 Å². The number of benzene rings is 1. The molecule has 1 aromatic carbocycles. The van der Waals surface area contributed by atoms with Crippen molar-refractivity contribution < 1.29 is 9.47 Å². The third-order valence-corrected chi connectivity index (χ3v) is 5.92. The monoisotopic (exact) mass is 368 g/mol. The van der Waals surface area contributed by atoms with Gasteiger partial charge in [0.05, 0.1) is 35.2 Å². The summed E-state index contributed by atoms with van der Waals surface area (Å²) >= 11 is 1.73. The Morgan fingerprint density at radius 2 is 1.85 bits per heavy atom. The molecule has 2 saturated heterocycles. The summed E-state index contributed by atoms with van der Waals surface area (Å²) in [6, 6.07) is 12.3. The molecule has 2 aliphatic heterocycles. The van der Waals surface area contributed by atoms with Gasteiger partial charge >= 0.3 is 0 Å². The van der Waals surface area contributed by atoms with Crippen LogP contribution in [0.15, 0.2) is 48.8 Å². The van der Waals surface area contributed by atoms with Crippen molar-refractivity contribution in [1.82, 2.24) is 9.97 Å². The molecular formula is C19H20N4O2S. The van der Waals surface area contributed by atoms with E-state index in [1.807, 2.05) is 24.4 Å². The molecule has 3 aromatic rings. The van der Waals surface area contributed by atoms with Crippen LogP contribution in [-0.2, 0) is 9.47 Å². The Balaban J connectivity index is 1.24. The second-order valence-corrected chi connectivity index (χ2v) is 7.70. The number of pyridine rings is 1. The minimum Gasteiger partial charge on any atom is -0.376 e. The smallest absolute Gasteiger partial charge is 0.186 e. The molecule has 7 heteroatoms. The van der Waals surface area contributed by atoms with E-state index in [1.165, 1.54) is 4.70 Å². The van der Waals surface area contributed by atoms with E-state index in [-0.39, 0.29) is 18.2 Å². The SMILES string of the molecule is c1cncc(NC2CO[C@H]3CN(c4nc5ccccc5s4)C[C@@H]3OC2)c1. The lowest BCUT2D eigenvalue weighted by Gasteiger charge is -2.19. The maximum Gasteiger partial charge on any atom is 0.186 e. The number of aromatic nitrogens is 2. The van der Waals surface area contributed by atoms with E-state index in [0.29, 0.717) is 13.2 Å². The highest BCUT2D eigenvalue weighted by Gasteiger charge is 2.38. The van der Waals surface area contributed by atoms with Crippen molar-refractivity contribution in [2.45, 2.75) is 18.2 Å². The Morgan fingerprint density at radius 3 is 2.58 bits per heavy atom. The molecule has 26 heavy (non-hydrogen) atoms. The van der Waals surface area contributed by atoms with Gasteiger partial charge in [-0.2, -0.15) is 0 Å². The predicted molar refractivity (Wildman–Crippen MR) is 103 cm³/mol. The molecule has 5 rings (SSSR count). The predicted octanol–water partition coefficient (Wildman–Crippen LogP) is 2.78. The van der Waals surface area contributed by atoms with Crippen LogP contribution in [0.2, 0.25) is 0 Å². The molecule has 0 saturated carbocycles. The zero-order chi connectivity index (χ0) is 17.3. The van der Waals surface area contributed by atoms with Crippen LogP contribution in [0.25, 0.3) is 10.2 Å². The lowest BCUT2D eigenvalue weighted by Crippen LogP contribution is -2.31. The first-order valence-corrected chi connectivity index (χ1v) is 9.67. The van der Waals surface area contributed by atoms with Crippen molar-refractivity contribution in [2.75, 3.05) is 36.5 Å². The standard InChI is InChI=1S/C19H20N4O2S/c1-2-6-18-15(5-1)22-19(26-18)23-9-16-17(10-23)25-12-14(11-24-16)21-13-4-3-7-20-8-13/h1-8,14,16-17,21H,9-12H2/t16-,17-/m0/s1. The van der Waals surface area contributed by atoms with Crippen molar-refractivity contribution in [3.05, 3.63) is 48.8 Å². The third kappa shape index (κ3) is 3.13. The molecule has 2 atom stereocenters. The average Bonchev–Trinajstić information content (AvgIpc) is 3.24. The number of fused-ring (bicyclic) bond motifs is 2. The maximum atomic E-state index is 6.16. The largest absolute Gasteiger partial charge is 0.376 e. The van der Waals surface area contributed by atoms with Gasteiger partial charge in [-0.3, -0.25) is 4.98 Å². The molecule has 0 aliphatic carbocycles. The number of thiazole rings is 1. The van der Waals surface area contributed by atoms with Crippen molar-refractivity contribution in [2.24, 2.45) is 0 Å². The first-order valence-electron chi connectivity index (χ1n) is 8.85. The Hall–Kier alpha value is -2.22. The van der Waals surface area contributed by atoms with E-state index in [4.69, 9.17) is 14.5 Å². The average molecular weight is 368 g/mol. The number of para-hydroxylation sites is 1. The molecule has 0 bridgehead atoms. The first-order chi connectivity index (χ1) is 12.8. The second-order valence-electron chi connectivity index (χ2n) is 6.70. The van der Waals surface area contributed by atoms with E-state index in [0.717, 1.165) is 29.4 Å². The van der Waals surface area contributed by atoms with E-state index in [1.54, 1.807) is 17.5 Å². The van der Waals surface area contributed by atoms with Crippen molar-refractivity contribution in [1.29, 1.82) is 0 Å². The lowest BCUT2D eigenvalue weighted by atomic mass is 10.3. The van der Waals surface area contributed by atoms with Gasteiger partial charge in [-0.15, -0.1) is 0 Å². The van der Waals surface area contributed by atoms with Crippen molar-refractivity contribution >= 4 is 32.4 Å². The fourth-order valence-electron chi connectivity index (χ4n) is 3.51. The van der Waals surface area contributed by atoms with E-state index >= 15 is 0 Å². The van der Waals surface area contributed by atoms with Crippen molar-refractivity contribution in [3.63, 3.8) is 0 Å². The van der Waals surface area contributed by atoms with Crippen LogP contribution in [0, 0.1) is 0 Å². The van der Waals surface area contributed by atoms with Crippen LogP contribution in [0.1, 0.15) is 0 Å². The summed E-state index contributed by atoms with van der Waals surface area (Å²) < 4.78 is 13.5. The molecule has 0 radical (unpaired) electrons. The van der Waals surface area contributed by atoms with Gasteiger partial charge in [0.1, 0.15) is 12.2 Å². The fourth-order valence-corrected chi connectivity index (χ4v) is 4.49. The summed E-state index contributed by atoms with van der Waals surface area (Å²) in [5.74, 6) is 0. The fraction of sp³-hybridized carbons (Fsp3) is 0.368. The number of hydrogen-bond acceptors (Lipinski definition) is 7. The molecule has 4 heterocycles. The molecule has 1 N–H and O–H groups in total. The number of anilines is 2. The molecule has 134 valence electrons. The molecule has 2 fully saturated rings. The number of nitrogens with one attached hydrogen (secondary N) is 1. The molecule has 6 nitrogen and oxygen atoms in total. The highest BCUT2D eigenvalue weighted by atomic mass is 32.1. The number of ether oxygens (including phenoxy) is 2. The number of nitrogens with zero attached hydrogens (tertiary/aromatic N) is 3. The second kappa shape index (κ2) is 6.83. The highest BCUT2D eigenvalue weighted by molar-refractivity contribution is 7.22. The summed E-state index contributed by atoms with van der Waals surface area (Å²) in [6.07, 6.45) is 3.76. The summed E-state index contributed by atoms with van der Waals surface area (Å²) in [6.45, 7) is 2.90. The van der Waals surface area contributed by atoms with Gasteiger partial charge in [-0.25, -0.2) is 4.98 Å². The zero-order valence-electron chi connectivity index (χ0n) is 14.2. The van der Waals surface area contributed by atoms with Gasteiger partial charge in [-0.1, -0.05) is 23.5 Å². The number of hydrogen-bond donors (Lipinski definition) is 1. The normalized spacial score (nSPS) is 23.8. The van der Waals surface area contributed by atoms with Gasteiger partial charge < -0.3 is 19.7 Å². The van der Waals surface area contributed by atoms with Crippen LogP contribution in [0.4, 0.5) is 10.8 Å². The summed E-state index contributed by atoms with van der Waals surface area (Å²) in [5, 5.41) is 4.49. The molecular weight excluding hydrogens is 348 g/mol. The van der Waals surface area contributed by atoms with E-state index in [9.17, 15) is 0 Å². The summed E-state index contributed by atoms with van der Waals surface area (Å²) in [7, 11) is 0. The maximum absolute atomic E-state index is 6.16. The van der Waals surface area contributed by atoms with Crippen LogP contribution in [-0.4, -0.2) is 54.5 Å². The Morgan fingerprint density at radius 1 is 1.04 bits per heavy atom. The van der Waals surface area contributed by atoms with Crippen LogP contribution >= 0.6 is 11.3 Å². The highest BCUT2D eigenvalue weighted by Crippen LogP contribution is 2.32. The van der Waals surface area contributed by atoms with E-state index < -0.39 is 0 Å². The molecule has 0 amide bonds. The van der Waals surface area contributed by atoms with Gasteiger partial charge in [-0.05, 0) is 24.3 Å². The first kappa shape index (κ1) is 16.0. The van der Waals surface area contributed by atoms with Gasteiger partial charge in [0.15, 0.2) is 5.13 Å². The van der Waals surface area contributed by atoms with E-state index in [2.05, 4.69) is 33.4 Å². The molecule has 2 aromatic heterocycles. The van der Waals surface area contributed by atoms with Gasteiger partial charge in [0.2, 0.25) is 0 Å². The summed E-state index contributed by atoms with van der Waals surface area (Å²) in [4.78, 5) is 11.2. The Kier molecular flexibility index (Phi) is 4.20.